The number of phenolic OH excluding ortho intramolecular Hbond substituents is 4. The van der Waals surface area contributed by atoms with E-state index in [-0.39, 0.29) is 34.8 Å². The zero-order valence-corrected chi connectivity index (χ0v) is 36.0. The molecule has 1 fully saturated rings. The van der Waals surface area contributed by atoms with Crippen molar-refractivity contribution in [3.05, 3.63) is 142 Å². The molecule has 1 aromatic heterocycles. The van der Waals surface area contributed by atoms with E-state index in [0.717, 1.165) is 36.4 Å². The molecule has 66 heavy (non-hydrogen) atoms. The van der Waals surface area contributed by atoms with Crippen LogP contribution in [0, 0.1) is 0 Å². The molecule has 5 aromatic rings. The van der Waals surface area contributed by atoms with Gasteiger partial charge in [-0.25, -0.2) is 4.79 Å². The molecule has 0 aliphatic carbocycles. The van der Waals surface area contributed by atoms with Crippen LogP contribution in [0.25, 0.3) is 0 Å². The zero-order valence-electron chi connectivity index (χ0n) is 35.3. The highest BCUT2D eigenvalue weighted by molar-refractivity contribution is 6.29. The zero-order chi connectivity index (χ0) is 47.7. The predicted molar refractivity (Wildman–Crippen MR) is 236 cm³/mol. The van der Waals surface area contributed by atoms with E-state index in [9.17, 15) is 54.0 Å². The van der Waals surface area contributed by atoms with Gasteiger partial charge in [-0.3, -0.25) is 28.8 Å². The van der Waals surface area contributed by atoms with Crippen LogP contribution < -0.4 is 31.9 Å². The number of carbonyl (C=O) groups excluding carboxylic acids is 7. The number of ether oxygens (including phenoxy) is 1. The second-order valence-electron chi connectivity index (χ2n) is 15.5. The summed E-state index contributed by atoms with van der Waals surface area (Å²) in [7, 11) is 0. The number of aromatic hydroxyl groups is 4. The lowest BCUT2D eigenvalue weighted by atomic mass is 10.0. The summed E-state index contributed by atoms with van der Waals surface area (Å²) in [6, 6.07) is 16.2. The van der Waals surface area contributed by atoms with Gasteiger partial charge in [0.2, 0.25) is 29.5 Å². The fourth-order valence-electron chi connectivity index (χ4n) is 7.11. The third kappa shape index (κ3) is 12.3. The molecule has 11 N–H and O–H groups in total. The van der Waals surface area contributed by atoms with Gasteiger partial charge in [0.1, 0.15) is 70.2 Å². The van der Waals surface area contributed by atoms with Crippen LogP contribution in [0.1, 0.15) is 58.7 Å². The van der Waals surface area contributed by atoms with E-state index in [4.69, 9.17) is 16.3 Å². The minimum atomic E-state index is -1.92. The maximum atomic E-state index is 14.6. The van der Waals surface area contributed by atoms with Crippen LogP contribution in [0.4, 0.5) is 0 Å². The minimum absolute atomic E-state index is 0.0162. The molecular formula is C46H46ClN7O12. The van der Waals surface area contributed by atoms with Crippen molar-refractivity contribution in [1.82, 2.24) is 36.9 Å². The second-order valence-corrected chi connectivity index (χ2v) is 15.9. The summed E-state index contributed by atoms with van der Waals surface area (Å²) in [4.78, 5) is 102. The Morgan fingerprint density at radius 3 is 1.76 bits per heavy atom. The molecule has 4 aromatic carbocycles. The van der Waals surface area contributed by atoms with Gasteiger partial charge in [0.15, 0.2) is 6.04 Å². The SMILES string of the molecule is C[C@H]1NC(=O)[C@H](Cc2ccccc2)NC(=O)[C@H](NC(=O)[C@H](Cc2ccccc2)NC(=O)c2ccc(Cl)[nH]2)[C@@H](C)OC(=O)[C@H](c2cc(O)cc(O)c2)NC(=O)[C@@H](c2cc(O)cc(O)c2)NC1=O. The summed E-state index contributed by atoms with van der Waals surface area (Å²) in [5.74, 6) is -9.11. The van der Waals surface area contributed by atoms with E-state index in [1.54, 1.807) is 60.7 Å². The third-order valence-electron chi connectivity index (χ3n) is 10.4. The van der Waals surface area contributed by atoms with Gasteiger partial charge in [-0.15, -0.1) is 0 Å². The quantitative estimate of drug-likeness (QED) is 0.0900. The number of esters is 1. The molecule has 19 nitrogen and oxygen atoms in total. The summed E-state index contributed by atoms with van der Waals surface area (Å²) in [5.41, 5.74) is 0.770. The van der Waals surface area contributed by atoms with E-state index in [2.05, 4.69) is 36.9 Å². The van der Waals surface area contributed by atoms with Crippen molar-refractivity contribution in [3.8, 4) is 23.0 Å². The van der Waals surface area contributed by atoms with Gasteiger partial charge in [-0.1, -0.05) is 72.3 Å². The molecule has 6 amide bonds. The first-order chi connectivity index (χ1) is 31.4. The third-order valence-corrected chi connectivity index (χ3v) is 10.6. The van der Waals surface area contributed by atoms with Crippen molar-refractivity contribution in [2.24, 2.45) is 0 Å². The molecule has 1 aliphatic rings. The Labute approximate surface area is 381 Å². The molecule has 1 aliphatic heterocycles. The molecule has 0 radical (unpaired) electrons. The Bertz CT molecular complexity index is 2570. The summed E-state index contributed by atoms with van der Waals surface area (Å²) in [6.07, 6.45) is -1.89. The van der Waals surface area contributed by atoms with E-state index in [1.165, 1.54) is 26.0 Å². The van der Waals surface area contributed by atoms with Crippen LogP contribution in [-0.4, -0.2) is 97.1 Å². The molecule has 0 saturated carbocycles. The van der Waals surface area contributed by atoms with Crippen LogP contribution in [-0.2, 0) is 46.3 Å². The molecule has 344 valence electrons. The van der Waals surface area contributed by atoms with Crippen molar-refractivity contribution in [2.45, 2.75) is 69.0 Å². The Kier molecular flexibility index (Phi) is 15.1. The lowest BCUT2D eigenvalue weighted by molar-refractivity contribution is -0.156. The smallest absolute Gasteiger partial charge is 0.333 e. The van der Waals surface area contributed by atoms with Gasteiger partial charge in [0.05, 0.1) is 0 Å². The first kappa shape index (κ1) is 47.4. The van der Waals surface area contributed by atoms with Gasteiger partial charge in [0.25, 0.3) is 5.91 Å². The Morgan fingerprint density at radius 2 is 1.20 bits per heavy atom. The number of H-pyrrole nitrogens is 1. The average molecular weight is 924 g/mol. The second kappa shape index (κ2) is 21.1. The topological polar surface area (TPSA) is 298 Å². The standard InChI is InChI=1S/C46H46ClN7O12/c1-23-40(59)53-38(27-17-29(55)21-30(56)18-27)45(64)54-39(28-19-31(57)22-32(58)20-28)46(65)66-24(2)37(44(63)51-34(42(61)48-23)15-25-9-5-3-6-10-25)52-43(62)35(16-26-11-7-4-8-12-26)50-41(60)33-13-14-36(47)49-33/h3-14,17-24,34-35,37-39,49,55-58H,15-16H2,1-2H3,(H,48,61)(H,50,60)(H,51,63)(H,52,62)(H,53,59)(H,54,64)/t23-,24-,34+,35+,37-,38-,39+/m1/s1. The number of cyclic esters (lactones) is 1. The average Bonchev–Trinajstić information content (AvgIpc) is 3.71. The molecule has 7 atom stereocenters. The minimum Gasteiger partial charge on any atom is -0.508 e. The van der Waals surface area contributed by atoms with E-state index >= 15 is 0 Å². The number of hydrogen-bond donors (Lipinski definition) is 11. The van der Waals surface area contributed by atoms with E-state index in [1.807, 2.05) is 0 Å². The van der Waals surface area contributed by atoms with Crippen molar-refractivity contribution in [3.63, 3.8) is 0 Å². The summed E-state index contributed by atoms with van der Waals surface area (Å²) >= 11 is 6.01. The highest BCUT2D eigenvalue weighted by atomic mass is 35.5. The Hall–Kier alpha value is -8.06. The maximum absolute atomic E-state index is 14.6. The largest absolute Gasteiger partial charge is 0.508 e. The molecule has 1 saturated heterocycles. The highest BCUT2D eigenvalue weighted by Crippen LogP contribution is 2.29. The summed E-state index contributed by atoms with van der Waals surface area (Å²) < 4.78 is 5.81. The lowest BCUT2D eigenvalue weighted by Crippen LogP contribution is -2.62. The van der Waals surface area contributed by atoms with Crippen molar-refractivity contribution in [1.29, 1.82) is 0 Å². The van der Waals surface area contributed by atoms with Crippen LogP contribution in [0.2, 0.25) is 5.15 Å². The first-order valence-electron chi connectivity index (χ1n) is 20.5. The highest BCUT2D eigenvalue weighted by Gasteiger charge is 2.39. The number of halogens is 1. The number of hydrogen-bond acceptors (Lipinski definition) is 12. The number of aromatic amines is 1. The summed E-state index contributed by atoms with van der Waals surface area (Å²) in [6.45, 7) is 2.53. The maximum Gasteiger partial charge on any atom is 0.333 e. The molecular weight excluding hydrogens is 878 g/mol. The van der Waals surface area contributed by atoms with Gasteiger partial charge < -0.3 is 62.0 Å². The van der Waals surface area contributed by atoms with Gasteiger partial charge in [0, 0.05) is 25.0 Å². The molecule has 2 heterocycles. The van der Waals surface area contributed by atoms with E-state index in [0.29, 0.717) is 11.1 Å². The van der Waals surface area contributed by atoms with Crippen molar-refractivity contribution >= 4 is 53.0 Å². The number of benzene rings is 4. The Balaban J connectivity index is 1.43. The molecule has 0 bridgehead atoms. The number of rotatable bonds is 10. The van der Waals surface area contributed by atoms with E-state index < -0.39 is 107 Å². The van der Waals surface area contributed by atoms with Crippen molar-refractivity contribution < 1.29 is 58.7 Å². The monoisotopic (exact) mass is 923 g/mol. The lowest BCUT2D eigenvalue weighted by Gasteiger charge is -2.31. The number of amides is 6. The van der Waals surface area contributed by atoms with Gasteiger partial charge >= 0.3 is 5.97 Å². The van der Waals surface area contributed by atoms with Gasteiger partial charge in [-0.05, 0) is 72.5 Å². The molecule has 0 unspecified atom stereocenters. The van der Waals surface area contributed by atoms with Crippen molar-refractivity contribution in [2.75, 3.05) is 0 Å². The van der Waals surface area contributed by atoms with Gasteiger partial charge in [-0.2, -0.15) is 0 Å². The van der Waals surface area contributed by atoms with Crippen LogP contribution in [0.3, 0.4) is 0 Å². The number of nitrogens with one attached hydrogen (secondary N) is 7. The fraction of sp³-hybridized carbons (Fsp3) is 0.239. The molecule has 0 spiro atoms. The number of phenols is 4. The first-order valence-corrected chi connectivity index (χ1v) is 20.8. The summed E-state index contributed by atoms with van der Waals surface area (Å²) in [5, 5.41) is 56.9. The fourth-order valence-corrected chi connectivity index (χ4v) is 7.27. The molecule has 6 rings (SSSR count). The predicted octanol–water partition coefficient (Wildman–Crippen LogP) is 2.21. The Morgan fingerprint density at radius 1 is 0.652 bits per heavy atom. The molecule has 20 heteroatoms. The van der Waals surface area contributed by atoms with Crippen LogP contribution in [0.5, 0.6) is 23.0 Å². The number of carbonyl (C=O) groups is 7. The van der Waals surface area contributed by atoms with Crippen LogP contribution in [0.15, 0.2) is 109 Å². The normalized spacial score (nSPS) is 21.2. The van der Waals surface area contributed by atoms with Crippen LogP contribution >= 0.6 is 11.6 Å². The number of aromatic nitrogens is 1.